The Hall–Kier alpha value is -2.32. The van der Waals surface area contributed by atoms with Crippen LogP contribution in [-0.4, -0.2) is 76.9 Å². The second kappa shape index (κ2) is 9.05. The van der Waals surface area contributed by atoms with E-state index in [1.807, 2.05) is 0 Å². The monoisotopic (exact) mass is 377 g/mol. The minimum Gasteiger partial charge on any atom is -0.493 e. The molecule has 1 aromatic carbocycles. The number of methoxy groups -OCH3 is 2. The van der Waals surface area contributed by atoms with Gasteiger partial charge in [-0.3, -0.25) is 14.5 Å². The zero-order valence-corrected chi connectivity index (χ0v) is 15.9. The van der Waals surface area contributed by atoms with Gasteiger partial charge in [0.15, 0.2) is 11.5 Å². The van der Waals surface area contributed by atoms with Gasteiger partial charge >= 0.3 is 0 Å². The Kier molecular flexibility index (Phi) is 6.52. The molecule has 1 atom stereocenters. The third-order valence-corrected chi connectivity index (χ3v) is 5.01. The van der Waals surface area contributed by atoms with Crippen LogP contribution in [0.15, 0.2) is 18.2 Å². The summed E-state index contributed by atoms with van der Waals surface area (Å²) in [6, 6.07) is 5.32. The molecule has 0 radical (unpaired) electrons. The third-order valence-electron chi connectivity index (χ3n) is 5.01. The molecule has 2 amide bonds. The van der Waals surface area contributed by atoms with Gasteiger partial charge in [-0.2, -0.15) is 0 Å². The molecular formula is C19H27N3O5. The van der Waals surface area contributed by atoms with E-state index >= 15 is 0 Å². The largest absolute Gasteiger partial charge is 0.493 e. The third kappa shape index (κ3) is 4.70. The highest BCUT2D eigenvalue weighted by Gasteiger charge is 2.35. The van der Waals surface area contributed by atoms with Gasteiger partial charge in [-0.1, -0.05) is 0 Å². The first kappa shape index (κ1) is 19.4. The fourth-order valence-electron chi connectivity index (χ4n) is 3.43. The van der Waals surface area contributed by atoms with E-state index in [1.165, 1.54) is 0 Å². The summed E-state index contributed by atoms with van der Waals surface area (Å²) in [7, 11) is 3.12. The number of carbonyl (C=O) groups is 2. The Morgan fingerprint density at radius 2 is 1.96 bits per heavy atom. The number of hydrogen-bond donors (Lipinski definition) is 1. The summed E-state index contributed by atoms with van der Waals surface area (Å²) >= 11 is 0. The van der Waals surface area contributed by atoms with Crippen molar-refractivity contribution >= 4 is 17.5 Å². The van der Waals surface area contributed by atoms with Crippen LogP contribution in [0.2, 0.25) is 0 Å². The molecule has 1 unspecified atom stereocenters. The first-order valence-electron chi connectivity index (χ1n) is 9.22. The maximum absolute atomic E-state index is 12.5. The molecule has 0 bridgehead atoms. The van der Waals surface area contributed by atoms with E-state index in [4.69, 9.17) is 14.2 Å². The van der Waals surface area contributed by atoms with E-state index in [1.54, 1.807) is 37.3 Å². The van der Waals surface area contributed by atoms with Crippen LogP contribution in [0, 0.1) is 5.92 Å². The minimum absolute atomic E-state index is 0.0597. The van der Waals surface area contributed by atoms with E-state index in [-0.39, 0.29) is 24.2 Å². The molecule has 0 saturated carbocycles. The van der Waals surface area contributed by atoms with E-state index in [9.17, 15) is 9.59 Å². The number of nitrogens with one attached hydrogen (secondary N) is 1. The van der Waals surface area contributed by atoms with Crippen LogP contribution in [0.5, 0.6) is 11.5 Å². The summed E-state index contributed by atoms with van der Waals surface area (Å²) in [5.74, 6) is 0.692. The topological polar surface area (TPSA) is 80.3 Å². The van der Waals surface area contributed by atoms with Crippen molar-refractivity contribution in [2.24, 2.45) is 5.92 Å². The van der Waals surface area contributed by atoms with E-state index in [0.29, 0.717) is 30.3 Å². The lowest BCUT2D eigenvalue weighted by atomic mass is 10.1. The molecule has 0 aliphatic carbocycles. The number of amides is 2. The van der Waals surface area contributed by atoms with Crippen molar-refractivity contribution < 1.29 is 23.8 Å². The molecule has 27 heavy (non-hydrogen) atoms. The van der Waals surface area contributed by atoms with Gasteiger partial charge in [-0.25, -0.2) is 0 Å². The van der Waals surface area contributed by atoms with Crippen LogP contribution in [0.25, 0.3) is 0 Å². The van der Waals surface area contributed by atoms with Gasteiger partial charge in [0.05, 0.1) is 33.4 Å². The highest BCUT2D eigenvalue weighted by Crippen LogP contribution is 2.34. The summed E-state index contributed by atoms with van der Waals surface area (Å²) in [6.45, 7) is 5.03. The second-order valence-corrected chi connectivity index (χ2v) is 6.69. The van der Waals surface area contributed by atoms with Crippen molar-refractivity contribution in [1.82, 2.24) is 10.2 Å². The van der Waals surface area contributed by atoms with E-state index in [0.717, 1.165) is 32.8 Å². The molecule has 0 spiro atoms. The van der Waals surface area contributed by atoms with Gasteiger partial charge in [-0.15, -0.1) is 0 Å². The van der Waals surface area contributed by atoms with Crippen LogP contribution in [0.4, 0.5) is 5.69 Å². The summed E-state index contributed by atoms with van der Waals surface area (Å²) in [5.41, 5.74) is 0.710. The van der Waals surface area contributed by atoms with Gasteiger partial charge in [0.1, 0.15) is 0 Å². The lowest BCUT2D eigenvalue weighted by Crippen LogP contribution is -2.42. The van der Waals surface area contributed by atoms with Crippen molar-refractivity contribution in [1.29, 1.82) is 0 Å². The van der Waals surface area contributed by atoms with Gasteiger partial charge in [-0.05, 0) is 12.1 Å². The van der Waals surface area contributed by atoms with Crippen molar-refractivity contribution in [3.63, 3.8) is 0 Å². The summed E-state index contributed by atoms with van der Waals surface area (Å²) in [6.07, 6.45) is 0.220. The van der Waals surface area contributed by atoms with Crippen molar-refractivity contribution in [3.8, 4) is 11.5 Å². The first-order valence-corrected chi connectivity index (χ1v) is 9.22. The maximum Gasteiger partial charge on any atom is 0.227 e. The number of benzene rings is 1. The highest BCUT2D eigenvalue weighted by atomic mass is 16.5. The van der Waals surface area contributed by atoms with Crippen molar-refractivity contribution in [2.45, 2.75) is 6.42 Å². The smallest absolute Gasteiger partial charge is 0.227 e. The Morgan fingerprint density at radius 3 is 2.67 bits per heavy atom. The SMILES string of the molecule is COc1ccc(N2CC(C(=O)NCCN3CCOCC3)CC2=O)cc1OC. The maximum atomic E-state index is 12.5. The summed E-state index contributed by atoms with van der Waals surface area (Å²) in [5, 5.41) is 2.96. The van der Waals surface area contributed by atoms with Gasteiger partial charge in [0, 0.05) is 50.9 Å². The first-order chi connectivity index (χ1) is 13.1. The zero-order chi connectivity index (χ0) is 19.2. The van der Waals surface area contributed by atoms with Crippen LogP contribution in [0.1, 0.15) is 6.42 Å². The molecule has 2 saturated heterocycles. The van der Waals surface area contributed by atoms with Gasteiger partial charge < -0.3 is 24.4 Å². The van der Waals surface area contributed by atoms with Crippen LogP contribution in [-0.2, 0) is 14.3 Å². The molecule has 2 heterocycles. The van der Waals surface area contributed by atoms with Crippen LogP contribution < -0.4 is 19.7 Å². The number of rotatable bonds is 7. The molecule has 1 aromatic rings. The quantitative estimate of drug-likeness (QED) is 0.746. The number of anilines is 1. The van der Waals surface area contributed by atoms with Crippen LogP contribution >= 0.6 is 0 Å². The molecule has 8 nitrogen and oxygen atoms in total. The minimum atomic E-state index is -0.338. The molecule has 8 heteroatoms. The highest BCUT2D eigenvalue weighted by molar-refractivity contribution is 6.00. The Labute approximate surface area is 159 Å². The van der Waals surface area contributed by atoms with E-state index < -0.39 is 0 Å². The average molecular weight is 377 g/mol. The average Bonchev–Trinajstić information content (AvgIpc) is 3.10. The summed E-state index contributed by atoms with van der Waals surface area (Å²) in [4.78, 5) is 28.8. The van der Waals surface area contributed by atoms with E-state index in [2.05, 4.69) is 10.2 Å². The molecule has 3 rings (SSSR count). The predicted octanol–water partition coefficient (Wildman–Crippen LogP) is 0.505. The van der Waals surface area contributed by atoms with Crippen LogP contribution in [0.3, 0.4) is 0 Å². The normalized spacial score (nSPS) is 20.6. The lowest BCUT2D eigenvalue weighted by molar-refractivity contribution is -0.126. The molecule has 2 aliphatic heterocycles. The Bertz CT molecular complexity index is 675. The molecule has 1 N–H and O–H groups in total. The lowest BCUT2D eigenvalue weighted by Gasteiger charge is -2.26. The number of carbonyl (C=O) groups excluding carboxylic acids is 2. The van der Waals surface area contributed by atoms with Gasteiger partial charge in [0.2, 0.25) is 11.8 Å². The molecule has 2 fully saturated rings. The van der Waals surface area contributed by atoms with Crippen molar-refractivity contribution in [3.05, 3.63) is 18.2 Å². The zero-order valence-electron chi connectivity index (χ0n) is 15.9. The summed E-state index contributed by atoms with van der Waals surface area (Å²) < 4.78 is 15.8. The molecule has 2 aliphatic rings. The number of hydrogen-bond acceptors (Lipinski definition) is 6. The second-order valence-electron chi connectivity index (χ2n) is 6.69. The van der Waals surface area contributed by atoms with Crippen molar-refractivity contribution in [2.75, 3.05) is 65.1 Å². The molecular weight excluding hydrogens is 350 g/mol. The number of nitrogens with zero attached hydrogens (tertiary/aromatic N) is 2. The Balaban J connectivity index is 1.54. The molecule has 0 aromatic heterocycles. The Morgan fingerprint density at radius 1 is 1.22 bits per heavy atom. The predicted molar refractivity (Wildman–Crippen MR) is 100 cm³/mol. The fraction of sp³-hybridized carbons (Fsp3) is 0.579. The number of ether oxygens (including phenoxy) is 3. The number of morpholine rings is 1. The standard InChI is InChI=1S/C19H27N3O5/c1-25-16-4-3-15(12-17(16)26-2)22-13-14(11-18(22)23)19(24)20-5-6-21-7-9-27-10-8-21/h3-4,12,14H,5-11,13H2,1-2H3,(H,20,24). The fourth-order valence-corrected chi connectivity index (χ4v) is 3.43. The molecule has 148 valence electrons. The van der Waals surface area contributed by atoms with Gasteiger partial charge in [0.25, 0.3) is 0 Å².